The van der Waals surface area contributed by atoms with Crippen LogP contribution in [0.1, 0.15) is 51.0 Å². The molecule has 1 atom stereocenters. The Labute approximate surface area is 158 Å². The van der Waals surface area contributed by atoms with Gasteiger partial charge in [0.2, 0.25) is 0 Å². The fourth-order valence-corrected chi connectivity index (χ4v) is 3.71. The Kier molecular flexibility index (Phi) is 9.32. The number of aliphatic imine (C=N–C) groups is 1. The minimum Gasteiger partial charge on any atom is -0.508 e. The average molecular weight is 362 g/mol. The number of aromatic hydroxyl groups is 1. The second kappa shape index (κ2) is 11.8. The summed E-state index contributed by atoms with van der Waals surface area (Å²) in [5, 5.41) is 16.1. The van der Waals surface area contributed by atoms with Gasteiger partial charge in [0.1, 0.15) is 5.75 Å². The standard InChI is InChI=1S/C21H35N3O2/c1-3-26-20(18-8-4-5-9-18)14-16-24-21(22-2)23-15-6-7-17-10-12-19(25)13-11-17/h10-13,18,20,25H,3-9,14-16H2,1-2H3,(H2,22,23,24). The third kappa shape index (κ3) is 7.24. The van der Waals surface area contributed by atoms with Gasteiger partial charge in [-0.2, -0.15) is 0 Å². The van der Waals surface area contributed by atoms with Crippen molar-refractivity contribution >= 4 is 5.96 Å². The van der Waals surface area contributed by atoms with Gasteiger partial charge in [0.25, 0.3) is 0 Å². The number of phenols is 1. The average Bonchev–Trinajstić information content (AvgIpc) is 3.19. The molecule has 26 heavy (non-hydrogen) atoms. The Morgan fingerprint density at radius 1 is 1.19 bits per heavy atom. The Hall–Kier alpha value is -1.75. The maximum Gasteiger partial charge on any atom is 0.190 e. The highest BCUT2D eigenvalue weighted by Gasteiger charge is 2.24. The Morgan fingerprint density at radius 3 is 2.54 bits per heavy atom. The maximum atomic E-state index is 9.31. The lowest BCUT2D eigenvalue weighted by Gasteiger charge is -2.24. The Balaban J connectivity index is 1.62. The minimum absolute atomic E-state index is 0.319. The van der Waals surface area contributed by atoms with E-state index >= 15 is 0 Å². The summed E-state index contributed by atoms with van der Waals surface area (Å²) in [5.41, 5.74) is 1.24. The van der Waals surface area contributed by atoms with Crippen molar-refractivity contribution in [2.45, 2.75) is 58.0 Å². The molecule has 5 nitrogen and oxygen atoms in total. The van der Waals surface area contributed by atoms with E-state index in [1.165, 1.54) is 31.2 Å². The molecule has 0 bridgehead atoms. The molecule has 0 aliphatic heterocycles. The third-order valence-electron chi connectivity index (χ3n) is 5.12. The van der Waals surface area contributed by atoms with Crippen molar-refractivity contribution in [3.63, 3.8) is 0 Å². The van der Waals surface area contributed by atoms with E-state index in [2.05, 4.69) is 22.5 Å². The van der Waals surface area contributed by atoms with Crippen LogP contribution in [-0.2, 0) is 11.2 Å². The van der Waals surface area contributed by atoms with Gasteiger partial charge in [-0.1, -0.05) is 25.0 Å². The molecule has 1 aromatic carbocycles. The van der Waals surface area contributed by atoms with Crippen LogP contribution in [-0.4, -0.2) is 43.9 Å². The number of rotatable bonds is 10. The number of ether oxygens (including phenoxy) is 1. The quantitative estimate of drug-likeness (QED) is 0.339. The molecule has 1 aliphatic rings. The fourth-order valence-electron chi connectivity index (χ4n) is 3.71. The molecule has 0 heterocycles. The molecular weight excluding hydrogens is 326 g/mol. The molecule has 0 aromatic heterocycles. The largest absolute Gasteiger partial charge is 0.508 e. The summed E-state index contributed by atoms with van der Waals surface area (Å²) < 4.78 is 5.98. The molecule has 1 fully saturated rings. The molecule has 1 saturated carbocycles. The van der Waals surface area contributed by atoms with Crippen molar-refractivity contribution in [2.75, 3.05) is 26.7 Å². The van der Waals surface area contributed by atoms with Crippen molar-refractivity contribution in [1.82, 2.24) is 10.6 Å². The van der Waals surface area contributed by atoms with Crippen molar-refractivity contribution < 1.29 is 9.84 Å². The number of guanidine groups is 1. The smallest absolute Gasteiger partial charge is 0.190 e. The number of benzene rings is 1. The number of hydrogen-bond donors (Lipinski definition) is 3. The van der Waals surface area contributed by atoms with Gasteiger partial charge in [-0.25, -0.2) is 0 Å². The van der Waals surface area contributed by atoms with Crippen LogP contribution in [0.15, 0.2) is 29.3 Å². The number of nitrogens with one attached hydrogen (secondary N) is 2. The van der Waals surface area contributed by atoms with E-state index in [1.54, 1.807) is 12.1 Å². The molecule has 0 spiro atoms. The summed E-state index contributed by atoms with van der Waals surface area (Å²) in [7, 11) is 1.81. The molecule has 5 heteroatoms. The highest BCUT2D eigenvalue weighted by molar-refractivity contribution is 5.79. The maximum absolute atomic E-state index is 9.31. The monoisotopic (exact) mass is 361 g/mol. The summed E-state index contributed by atoms with van der Waals surface area (Å²) in [4.78, 5) is 4.31. The second-order valence-corrected chi connectivity index (χ2v) is 7.02. The van der Waals surface area contributed by atoms with Gasteiger partial charge in [0.15, 0.2) is 5.96 Å². The highest BCUT2D eigenvalue weighted by Crippen LogP contribution is 2.30. The lowest BCUT2D eigenvalue weighted by Crippen LogP contribution is -2.40. The number of aryl methyl sites for hydroxylation is 1. The van der Waals surface area contributed by atoms with E-state index in [4.69, 9.17) is 4.74 Å². The Morgan fingerprint density at radius 2 is 1.88 bits per heavy atom. The second-order valence-electron chi connectivity index (χ2n) is 7.02. The molecule has 2 rings (SSSR count). The van der Waals surface area contributed by atoms with Crippen molar-refractivity contribution in [3.05, 3.63) is 29.8 Å². The van der Waals surface area contributed by atoms with E-state index in [-0.39, 0.29) is 0 Å². The molecule has 1 aliphatic carbocycles. The summed E-state index contributed by atoms with van der Waals surface area (Å²) in [6.07, 6.45) is 8.75. The lowest BCUT2D eigenvalue weighted by atomic mass is 9.98. The van der Waals surface area contributed by atoms with Crippen LogP contribution in [0.25, 0.3) is 0 Å². The van der Waals surface area contributed by atoms with E-state index in [0.717, 1.165) is 50.8 Å². The van der Waals surface area contributed by atoms with Crippen LogP contribution in [0.4, 0.5) is 0 Å². The van der Waals surface area contributed by atoms with Crippen LogP contribution < -0.4 is 10.6 Å². The zero-order valence-corrected chi connectivity index (χ0v) is 16.3. The Bertz CT molecular complexity index is 525. The number of phenolic OH excluding ortho intramolecular Hbond substituents is 1. The minimum atomic E-state index is 0.319. The van der Waals surface area contributed by atoms with E-state index in [1.807, 2.05) is 19.2 Å². The molecular formula is C21H35N3O2. The number of nitrogens with zero attached hydrogens (tertiary/aromatic N) is 1. The molecule has 3 N–H and O–H groups in total. The SMILES string of the molecule is CCOC(CCNC(=NC)NCCCc1ccc(O)cc1)C1CCCC1. The molecule has 0 radical (unpaired) electrons. The summed E-state index contributed by atoms with van der Waals surface area (Å²) >= 11 is 0. The van der Waals surface area contributed by atoms with Gasteiger partial charge < -0.3 is 20.5 Å². The van der Waals surface area contributed by atoms with Crippen molar-refractivity contribution in [2.24, 2.45) is 10.9 Å². The van der Waals surface area contributed by atoms with E-state index < -0.39 is 0 Å². The first-order chi connectivity index (χ1) is 12.7. The molecule has 1 aromatic rings. The topological polar surface area (TPSA) is 65.9 Å². The van der Waals surface area contributed by atoms with E-state index in [9.17, 15) is 5.11 Å². The fraction of sp³-hybridized carbons (Fsp3) is 0.667. The van der Waals surface area contributed by atoms with Gasteiger partial charge in [0.05, 0.1) is 6.10 Å². The molecule has 1 unspecified atom stereocenters. The van der Waals surface area contributed by atoms with Crippen LogP contribution in [0.3, 0.4) is 0 Å². The van der Waals surface area contributed by atoms with Crippen LogP contribution >= 0.6 is 0 Å². The summed E-state index contributed by atoms with van der Waals surface area (Å²) in [6.45, 7) is 4.65. The van der Waals surface area contributed by atoms with Gasteiger partial charge in [-0.15, -0.1) is 0 Å². The van der Waals surface area contributed by atoms with Crippen molar-refractivity contribution in [1.29, 1.82) is 0 Å². The first-order valence-electron chi connectivity index (χ1n) is 10.1. The normalized spacial score (nSPS) is 16.6. The van der Waals surface area contributed by atoms with Crippen LogP contribution in [0.2, 0.25) is 0 Å². The predicted octanol–water partition coefficient (Wildman–Crippen LogP) is 3.48. The van der Waals surface area contributed by atoms with Gasteiger partial charge in [-0.05, 0) is 62.6 Å². The lowest BCUT2D eigenvalue weighted by molar-refractivity contribution is 0.0169. The van der Waals surface area contributed by atoms with Crippen LogP contribution in [0, 0.1) is 5.92 Å². The zero-order valence-electron chi connectivity index (χ0n) is 16.3. The van der Waals surface area contributed by atoms with Gasteiger partial charge >= 0.3 is 0 Å². The molecule has 0 saturated heterocycles. The third-order valence-corrected chi connectivity index (χ3v) is 5.12. The summed E-state index contributed by atoms with van der Waals surface area (Å²) in [5.74, 6) is 1.91. The van der Waals surface area contributed by atoms with Crippen molar-refractivity contribution in [3.8, 4) is 5.75 Å². The van der Waals surface area contributed by atoms with Gasteiger partial charge in [0, 0.05) is 26.7 Å². The number of hydrogen-bond acceptors (Lipinski definition) is 3. The highest BCUT2D eigenvalue weighted by atomic mass is 16.5. The molecule has 146 valence electrons. The predicted molar refractivity (Wildman–Crippen MR) is 108 cm³/mol. The first-order valence-corrected chi connectivity index (χ1v) is 10.1. The zero-order chi connectivity index (χ0) is 18.6. The first kappa shape index (κ1) is 20.6. The summed E-state index contributed by atoms with van der Waals surface area (Å²) in [6, 6.07) is 7.42. The van der Waals surface area contributed by atoms with E-state index in [0.29, 0.717) is 11.9 Å². The van der Waals surface area contributed by atoms with Gasteiger partial charge in [-0.3, -0.25) is 4.99 Å². The van der Waals surface area contributed by atoms with Crippen LogP contribution in [0.5, 0.6) is 5.75 Å². The molecule has 0 amide bonds.